The Morgan fingerprint density at radius 1 is 0.800 bits per heavy atom. The minimum Gasteiger partial charge on any atom is -0.344 e. The summed E-state index contributed by atoms with van der Waals surface area (Å²) in [4.78, 5) is 2.30. The molecule has 0 fully saturated rings. The van der Waals surface area contributed by atoms with E-state index < -0.39 is 0 Å². The summed E-state index contributed by atoms with van der Waals surface area (Å²) in [5, 5.41) is 1.33. The SMILES string of the molecule is CCCCCCCCCCCC[n+]1ccc(/C=C2/C=Cc3cc(C)ccc3N2C)c2ccccc21. The molecule has 1 aliphatic rings. The van der Waals surface area contributed by atoms with Crippen LogP contribution in [0.1, 0.15) is 87.8 Å². The summed E-state index contributed by atoms with van der Waals surface area (Å²) in [5.74, 6) is 0. The Labute approximate surface area is 213 Å². The Kier molecular flexibility index (Phi) is 9.17. The fourth-order valence-corrected chi connectivity index (χ4v) is 5.24. The number of anilines is 1. The van der Waals surface area contributed by atoms with E-state index in [1.165, 1.54) is 103 Å². The van der Waals surface area contributed by atoms with Crippen LogP contribution in [-0.2, 0) is 6.54 Å². The van der Waals surface area contributed by atoms with Gasteiger partial charge in [-0.3, -0.25) is 0 Å². The maximum Gasteiger partial charge on any atom is 0.213 e. The van der Waals surface area contributed by atoms with Crippen molar-refractivity contribution >= 4 is 28.7 Å². The third-order valence-electron chi connectivity index (χ3n) is 7.38. The first kappa shape index (κ1) is 25.2. The van der Waals surface area contributed by atoms with Crippen LogP contribution in [0.2, 0.25) is 0 Å². The zero-order valence-electron chi connectivity index (χ0n) is 22.1. The Bertz CT molecular complexity index is 1170. The highest BCUT2D eigenvalue weighted by atomic mass is 15.1. The molecule has 1 aliphatic heterocycles. The third kappa shape index (κ3) is 6.63. The van der Waals surface area contributed by atoms with E-state index in [0.29, 0.717) is 0 Å². The molecule has 2 aromatic carbocycles. The number of likely N-dealkylation sites (N-methyl/N-ethyl adjacent to an activating group) is 1. The summed E-state index contributed by atoms with van der Waals surface area (Å²) in [7, 11) is 2.17. The summed E-state index contributed by atoms with van der Waals surface area (Å²) in [6, 6.07) is 17.8. The molecule has 0 aliphatic carbocycles. The second-order valence-electron chi connectivity index (χ2n) is 10.2. The number of para-hydroxylation sites is 1. The van der Waals surface area contributed by atoms with Crippen LogP contribution in [-0.4, -0.2) is 7.05 Å². The van der Waals surface area contributed by atoms with E-state index in [2.05, 4.69) is 103 Å². The van der Waals surface area contributed by atoms with Crippen LogP contribution in [0, 0.1) is 6.92 Å². The van der Waals surface area contributed by atoms with Crippen molar-refractivity contribution in [2.45, 2.75) is 84.6 Å². The van der Waals surface area contributed by atoms with Gasteiger partial charge in [0.15, 0.2) is 6.20 Å². The van der Waals surface area contributed by atoms with E-state index in [1.807, 2.05) is 0 Å². The number of benzene rings is 2. The van der Waals surface area contributed by atoms with Gasteiger partial charge >= 0.3 is 0 Å². The molecule has 0 N–H and O–H groups in total. The topological polar surface area (TPSA) is 7.12 Å². The maximum absolute atomic E-state index is 2.45. The lowest BCUT2D eigenvalue weighted by molar-refractivity contribution is -0.671. The molecule has 0 atom stereocenters. The first-order valence-electron chi connectivity index (χ1n) is 13.8. The van der Waals surface area contributed by atoms with Crippen molar-refractivity contribution in [1.82, 2.24) is 0 Å². The quantitative estimate of drug-likeness (QED) is 0.190. The minimum atomic E-state index is 1.10. The minimum absolute atomic E-state index is 1.10. The van der Waals surface area contributed by atoms with Crippen molar-refractivity contribution < 1.29 is 4.57 Å². The highest BCUT2D eigenvalue weighted by molar-refractivity contribution is 5.88. The van der Waals surface area contributed by atoms with Gasteiger partial charge in [-0.15, -0.1) is 0 Å². The van der Waals surface area contributed by atoms with Crippen LogP contribution in [0.25, 0.3) is 23.1 Å². The predicted octanol–water partition coefficient (Wildman–Crippen LogP) is 8.86. The Morgan fingerprint density at radius 2 is 1.51 bits per heavy atom. The number of hydrogen-bond acceptors (Lipinski definition) is 1. The number of rotatable bonds is 12. The van der Waals surface area contributed by atoms with E-state index in [1.54, 1.807) is 0 Å². The van der Waals surface area contributed by atoms with Crippen LogP contribution in [0.4, 0.5) is 5.69 Å². The van der Waals surface area contributed by atoms with Crippen molar-refractivity contribution in [2.24, 2.45) is 0 Å². The molecule has 3 aromatic rings. The van der Waals surface area contributed by atoms with Gasteiger partial charge in [-0.05, 0) is 54.8 Å². The average Bonchev–Trinajstić information content (AvgIpc) is 2.87. The van der Waals surface area contributed by atoms with Gasteiger partial charge in [0.2, 0.25) is 5.52 Å². The molecule has 0 radical (unpaired) electrons. The molecule has 2 nitrogen and oxygen atoms in total. The molecule has 0 amide bonds. The molecule has 0 bridgehead atoms. The van der Waals surface area contributed by atoms with Gasteiger partial charge in [0.25, 0.3) is 0 Å². The Hall–Kier alpha value is -2.87. The number of pyridine rings is 1. The number of aryl methyl sites for hydroxylation is 2. The van der Waals surface area contributed by atoms with Crippen molar-refractivity contribution in [3.8, 4) is 0 Å². The van der Waals surface area contributed by atoms with Crippen LogP contribution >= 0.6 is 0 Å². The van der Waals surface area contributed by atoms with Crippen molar-refractivity contribution in [3.63, 3.8) is 0 Å². The van der Waals surface area contributed by atoms with Crippen LogP contribution in [0.5, 0.6) is 0 Å². The van der Waals surface area contributed by atoms with Gasteiger partial charge in [-0.25, -0.2) is 0 Å². The van der Waals surface area contributed by atoms with Crippen molar-refractivity contribution in [3.05, 3.63) is 83.2 Å². The first-order chi connectivity index (χ1) is 17.2. The second kappa shape index (κ2) is 12.7. The summed E-state index contributed by atoms with van der Waals surface area (Å²) >= 11 is 0. The molecule has 2 heterocycles. The average molecular weight is 468 g/mol. The molecule has 4 rings (SSSR count). The molecule has 0 spiro atoms. The highest BCUT2D eigenvalue weighted by Crippen LogP contribution is 2.32. The van der Waals surface area contributed by atoms with Crippen LogP contribution in [0.3, 0.4) is 0 Å². The zero-order valence-corrected chi connectivity index (χ0v) is 22.1. The van der Waals surface area contributed by atoms with E-state index in [4.69, 9.17) is 0 Å². The number of allylic oxidation sites excluding steroid dienone is 1. The number of unbranched alkanes of at least 4 members (excludes halogenated alkanes) is 9. The highest BCUT2D eigenvalue weighted by Gasteiger charge is 2.16. The van der Waals surface area contributed by atoms with Gasteiger partial charge in [0.1, 0.15) is 6.54 Å². The van der Waals surface area contributed by atoms with Crippen molar-refractivity contribution in [1.29, 1.82) is 0 Å². The molecular formula is C33H43N2+. The third-order valence-corrected chi connectivity index (χ3v) is 7.38. The molecule has 1 aromatic heterocycles. The predicted molar refractivity (Wildman–Crippen MR) is 153 cm³/mol. The molecular weight excluding hydrogens is 424 g/mol. The lowest BCUT2D eigenvalue weighted by atomic mass is 10.0. The molecule has 35 heavy (non-hydrogen) atoms. The van der Waals surface area contributed by atoms with E-state index >= 15 is 0 Å². The molecule has 0 saturated carbocycles. The standard InChI is InChI=1S/C33H43N2/c1-4-5-6-7-8-9-10-11-12-15-23-35-24-22-28(31-16-13-14-17-33(31)35)26-30-20-19-29-25-27(2)18-21-32(29)34(30)3/h13-14,16-22,24-26H,4-12,15,23H2,1-3H3/q+1. The summed E-state index contributed by atoms with van der Waals surface area (Å²) in [5.41, 5.74) is 7.69. The van der Waals surface area contributed by atoms with Crippen LogP contribution in [0.15, 0.2) is 66.5 Å². The largest absolute Gasteiger partial charge is 0.344 e. The first-order valence-corrected chi connectivity index (χ1v) is 13.8. The fourth-order valence-electron chi connectivity index (χ4n) is 5.24. The van der Waals surface area contributed by atoms with Gasteiger partial charge in [-0.2, -0.15) is 4.57 Å². The number of aromatic nitrogens is 1. The monoisotopic (exact) mass is 467 g/mol. The van der Waals surface area contributed by atoms with Gasteiger partial charge in [0, 0.05) is 37.0 Å². The Balaban J connectivity index is 1.38. The normalized spacial score (nSPS) is 14.1. The van der Waals surface area contributed by atoms with E-state index in [9.17, 15) is 0 Å². The maximum atomic E-state index is 2.45. The smallest absolute Gasteiger partial charge is 0.213 e. The number of fused-ring (bicyclic) bond motifs is 2. The van der Waals surface area contributed by atoms with Crippen LogP contribution < -0.4 is 9.47 Å². The summed E-state index contributed by atoms with van der Waals surface area (Å²) < 4.78 is 2.45. The lowest BCUT2D eigenvalue weighted by Crippen LogP contribution is -2.34. The van der Waals surface area contributed by atoms with E-state index in [-0.39, 0.29) is 0 Å². The molecule has 0 saturated heterocycles. The Morgan fingerprint density at radius 3 is 2.29 bits per heavy atom. The summed E-state index contributed by atoms with van der Waals surface area (Å²) in [6.45, 7) is 5.54. The van der Waals surface area contributed by atoms with Gasteiger partial charge in [-0.1, -0.05) is 88.1 Å². The summed E-state index contributed by atoms with van der Waals surface area (Å²) in [6.07, 6.45) is 22.9. The lowest BCUT2D eigenvalue weighted by Gasteiger charge is -2.26. The molecule has 184 valence electrons. The van der Waals surface area contributed by atoms with E-state index in [0.717, 1.165) is 6.54 Å². The van der Waals surface area contributed by atoms with Crippen molar-refractivity contribution in [2.75, 3.05) is 11.9 Å². The number of nitrogens with zero attached hydrogens (tertiary/aromatic N) is 2. The zero-order chi connectivity index (χ0) is 24.5. The number of hydrogen-bond donors (Lipinski definition) is 0. The fraction of sp³-hybridized carbons (Fsp3) is 0.424. The van der Waals surface area contributed by atoms with Gasteiger partial charge in [0.05, 0.1) is 5.39 Å². The molecule has 2 heteroatoms. The molecule has 0 unspecified atom stereocenters. The second-order valence-corrected chi connectivity index (χ2v) is 10.2. The van der Waals surface area contributed by atoms with Gasteiger partial charge < -0.3 is 4.90 Å².